The fourth-order valence-electron chi connectivity index (χ4n) is 2.48. The molecule has 15 heavy (non-hydrogen) atoms. The number of ketones is 2. The summed E-state index contributed by atoms with van der Waals surface area (Å²) in [6, 6.07) is 0. The van der Waals surface area contributed by atoms with Crippen LogP contribution in [-0.2, 0) is 13.0 Å². The predicted octanol–water partition coefficient (Wildman–Crippen LogP) is 1.76. The third-order valence-electron chi connectivity index (χ3n) is 3.20. The van der Waals surface area contributed by atoms with Crippen molar-refractivity contribution in [2.24, 2.45) is 0 Å². The van der Waals surface area contributed by atoms with Crippen molar-refractivity contribution >= 4 is 11.6 Å². The zero-order valence-electron chi connectivity index (χ0n) is 8.54. The molecule has 2 aliphatic rings. The molecule has 2 heterocycles. The first kappa shape index (κ1) is 8.65. The number of carbonyl (C=O) groups is 2. The van der Waals surface area contributed by atoms with Crippen molar-refractivity contribution in [1.82, 2.24) is 4.57 Å². The van der Waals surface area contributed by atoms with Gasteiger partial charge in [0, 0.05) is 24.0 Å². The molecule has 1 aromatic rings. The van der Waals surface area contributed by atoms with E-state index in [0.29, 0.717) is 16.7 Å². The summed E-state index contributed by atoms with van der Waals surface area (Å²) in [5.74, 6) is 0.00394. The number of rotatable bonds is 0. The summed E-state index contributed by atoms with van der Waals surface area (Å²) in [5, 5.41) is 0. The van der Waals surface area contributed by atoms with Crippen LogP contribution in [0.4, 0.5) is 0 Å². The quantitative estimate of drug-likeness (QED) is 0.641. The van der Waals surface area contributed by atoms with Gasteiger partial charge in [0.05, 0.1) is 11.1 Å². The van der Waals surface area contributed by atoms with Gasteiger partial charge in [-0.3, -0.25) is 9.59 Å². The summed E-state index contributed by atoms with van der Waals surface area (Å²) >= 11 is 0. The highest BCUT2D eigenvalue weighted by molar-refractivity contribution is 6.24. The van der Waals surface area contributed by atoms with Crippen LogP contribution in [0.2, 0.25) is 0 Å². The molecule has 0 atom stereocenters. The van der Waals surface area contributed by atoms with E-state index in [0.717, 1.165) is 25.1 Å². The molecule has 3 heteroatoms. The molecule has 1 aliphatic heterocycles. The lowest BCUT2D eigenvalue weighted by Gasteiger charge is -2.08. The van der Waals surface area contributed by atoms with Crippen LogP contribution in [0.5, 0.6) is 0 Å². The lowest BCUT2D eigenvalue weighted by Crippen LogP contribution is -2.14. The Morgan fingerprint density at radius 2 is 2.13 bits per heavy atom. The van der Waals surface area contributed by atoms with E-state index in [9.17, 15) is 9.59 Å². The number of hydrogen-bond acceptors (Lipinski definition) is 2. The monoisotopic (exact) mass is 201 g/mol. The van der Waals surface area contributed by atoms with Gasteiger partial charge < -0.3 is 4.57 Å². The average molecular weight is 201 g/mol. The highest BCUT2D eigenvalue weighted by atomic mass is 16.1. The van der Waals surface area contributed by atoms with E-state index in [1.807, 2.05) is 10.8 Å². The Hall–Kier alpha value is -1.64. The van der Waals surface area contributed by atoms with Gasteiger partial charge in [-0.15, -0.1) is 0 Å². The molecule has 0 radical (unpaired) electrons. The summed E-state index contributed by atoms with van der Waals surface area (Å²) in [5.41, 5.74) is 2.86. The first-order valence-electron chi connectivity index (χ1n) is 5.18. The second-order valence-corrected chi connectivity index (χ2v) is 4.18. The molecular weight excluding hydrogens is 190 g/mol. The van der Waals surface area contributed by atoms with E-state index >= 15 is 0 Å². The van der Waals surface area contributed by atoms with Gasteiger partial charge in [0.15, 0.2) is 11.6 Å². The number of Topliss-reactive ketones (excluding diaryl/α,β-unsaturated/α-hetero) is 1. The summed E-state index contributed by atoms with van der Waals surface area (Å²) < 4.78 is 2.05. The molecule has 0 fully saturated rings. The Morgan fingerprint density at radius 3 is 2.93 bits per heavy atom. The fourth-order valence-corrected chi connectivity index (χ4v) is 2.48. The summed E-state index contributed by atoms with van der Waals surface area (Å²) in [6.07, 6.45) is 5.30. The van der Waals surface area contributed by atoms with Gasteiger partial charge in [-0.1, -0.05) is 0 Å². The maximum Gasteiger partial charge on any atom is 0.191 e. The van der Waals surface area contributed by atoms with Crippen molar-refractivity contribution in [1.29, 1.82) is 0 Å². The molecule has 0 unspecified atom stereocenters. The van der Waals surface area contributed by atoms with Crippen molar-refractivity contribution in [3.8, 4) is 0 Å². The van der Waals surface area contributed by atoms with Crippen molar-refractivity contribution in [2.75, 3.05) is 0 Å². The Balaban J connectivity index is 2.28. The van der Waals surface area contributed by atoms with E-state index in [1.165, 1.54) is 6.08 Å². The third-order valence-corrected chi connectivity index (χ3v) is 3.20. The lowest BCUT2D eigenvalue weighted by atomic mass is 9.91. The van der Waals surface area contributed by atoms with Gasteiger partial charge in [-0.05, 0) is 25.8 Å². The van der Waals surface area contributed by atoms with Crippen molar-refractivity contribution in [3.05, 3.63) is 34.7 Å². The molecule has 3 nitrogen and oxygen atoms in total. The number of carbonyl (C=O) groups excluding carboxylic acids is 2. The molecular formula is C12H11NO2. The van der Waals surface area contributed by atoms with Gasteiger partial charge in [0.2, 0.25) is 0 Å². The number of nitrogens with zero attached hydrogens (tertiary/aromatic N) is 1. The van der Waals surface area contributed by atoms with Gasteiger partial charge in [-0.2, -0.15) is 0 Å². The predicted molar refractivity (Wildman–Crippen MR) is 55.2 cm³/mol. The minimum absolute atomic E-state index is 0.00208. The normalized spacial score (nSPS) is 18.9. The maximum atomic E-state index is 11.8. The van der Waals surface area contributed by atoms with Gasteiger partial charge in [-0.25, -0.2) is 0 Å². The Kier molecular flexibility index (Phi) is 1.55. The van der Waals surface area contributed by atoms with Crippen LogP contribution in [-0.4, -0.2) is 16.1 Å². The van der Waals surface area contributed by atoms with Gasteiger partial charge in [0.25, 0.3) is 0 Å². The lowest BCUT2D eigenvalue weighted by molar-refractivity contribution is 0.0985. The second-order valence-electron chi connectivity index (χ2n) is 4.18. The van der Waals surface area contributed by atoms with Crippen LogP contribution in [0.1, 0.15) is 39.8 Å². The standard InChI is InChI=1S/C12H11NO2/c1-7-5-10(14)11-8(12(7)15)6-13-4-2-3-9(11)13/h5-6H,2-4H2,1H3. The Morgan fingerprint density at radius 1 is 1.33 bits per heavy atom. The second kappa shape index (κ2) is 2.69. The number of aryl methyl sites for hydroxylation is 1. The Bertz CT molecular complexity index is 520. The minimum Gasteiger partial charge on any atom is -0.350 e. The molecule has 0 saturated heterocycles. The average Bonchev–Trinajstić information content (AvgIpc) is 2.72. The van der Waals surface area contributed by atoms with Crippen LogP contribution in [0.3, 0.4) is 0 Å². The zero-order chi connectivity index (χ0) is 10.6. The summed E-state index contributed by atoms with van der Waals surface area (Å²) in [4.78, 5) is 23.7. The SMILES string of the molecule is CC1=CC(=O)c2c(cn3c2CCC3)C1=O. The first-order chi connectivity index (χ1) is 7.18. The minimum atomic E-state index is -0.00208. The number of allylic oxidation sites excluding steroid dienone is 2. The van der Waals surface area contributed by atoms with Crippen LogP contribution in [0, 0.1) is 0 Å². The van der Waals surface area contributed by atoms with E-state index < -0.39 is 0 Å². The highest BCUT2D eigenvalue weighted by Crippen LogP contribution is 2.30. The largest absolute Gasteiger partial charge is 0.350 e. The van der Waals surface area contributed by atoms with E-state index in [2.05, 4.69) is 0 Å². The molecule has 76 valence electrons. The summed E-state index contributed by atoms with van der Waals surface area (Å²) in [6.45, 7) is 2.63. The topological polar surface area (TPSA) is 39.1 Å². The number of hydrogen-bond donors (Lipinski definition) is 0. The van der Waals surface area contributed by atoms with Crippen LogP contribution < -0.4 is 0 Å². The molecule has 3 rings (SSSR count). The van der Waals surface area contributed by atoms with Crippen molar-refractivity contribution < 1.29 is 9.59 Å². The van der Waals surface area contributed by atoms with E-state index in [-0.39, 0.29) is 11.6 Å². The molecule has 1 aromatic heterocycles. The molecule has 0 amide bonds. The van der Waals surface area contributed by atoms with Crippen molar-refractivity contribution in [3.63, 3.8) is 0 Å². The van der Waals surface area contributed by atoms with E-state index in [4.69, 9.17) is 0 Å². The maximum absolute atomic E-state index is 11.8. The van der Waals surface area contributed by atoms with E-state index in [1.54, 1.807) is 6.92 Å². The van der Waals surface area contributed by atoms with Gasteiger partial charge in [0.1, 0.15) is 0 Å². The smallest absolute Gasteiger partial charge is 0.191 e. The van der Waals surface area contributed by atoms with Crippen LogP contribution >= 0.6 is 0 Å². The van der Waals surface area contributed by atoms with Crippen molar-refractivity contribution in [2.45, 2.75) is 26.3 Å². The third kappa shape index (κ3) is 1.00. The highest BCUT2D eigenvalue weighted by Gasteiger charge is 2.30. The Labute approximate surface area is 87.4 Å². The molecule has 0 spiro atoms. The molecule has 0 saturated carbocycles. The molecule has 0 N–H and O–H groups in total. The summed E-state index contributed by atoms with van der Waals surface area (Å²) in [7, 11) is 0. The molecule has 0 aromatic carbocycles. The number of aromatic nitrogens is 1. The number of fused-ring (bicyclic) bond motifs is 3. The first-order valence-corrected chi connectivity index (χ1v) is 5.18. The zero-order valence-corrected chi connectivity index (χ0v) is 8.54. The van der Waals surface area contributed by atoms with Gasteiger partial charge >= 0.3 is 0 Å². The molecule has 1 aliphatic carbocycles. The van der Waals surface area contributed by atoms with Crippen LogP contribution in [0.25, 0.3) is 0 Å². The van der Waals surface area contributed by atoms with Crippen LogP contribution in [0.15, 0.2) is 17.8 Å². The molecule has 0 bridgehead atoms. The fraction of sp³-hybridized carbons (Fsp3) is 0.333.